The summed E-state index contributed by atoms with van der Waals surface area (Å²) in [5.41, 5.74) is 4.34. The normalized spacial score (nSPS) is 23.7. The lowest BCUT2D eigenvalue weighted by atomic mass is 9.80. The fourth-order valence-electron chi connectivity index (χ4n) is 7.33. The first kappa shape index (κ1) is 38.3. The molecule has 0 radical (unpaired) electrons. The smallest absolute Gasteiger partial charge is 0.315 e. The predicted molar refractivity (Wildman–Crippen MR) is 186 cm³/mol. The van der Waals surface area contributed by atoms with E-state index in [9.17, 15) is 32.4 Å². The van der Waals surface area contributed by atoms with Gasteiger partial charge in [-0.05, 0) is 46.0 Å². The number of likely N-dealkylation sites (tertiary alicyclic amines) is 1. The molecule has 3 fully saturated rings. The molecule has 0 aromatic heterocycles. The lowest BCUT2D eigenvalue weighted by Crippen LogP contribution is -2.62. The van der Waals surface area contributed by atoms with Gasteiger partial charge in [0.2, 0.25) is 17.6 Å². The molecule has 5 N–H and O–H groups in total. The molecule has 1 aliphatic heterocycles. The molecular formula is C36H55N5O7S. The molecule has 4 rings (SSSR count). The molecule has 49 heavy (non-hydrogen) atoms. The molecule has 12 nitrogen and oxygen atoms in total. The molecule has 0 bridgehead atoms. The number of ketones is 1. The quantitative estimate of drug-likeness (QED) is 0.228. The number of hydrogen-bond donors (Lipinski definition) is 4. The first-order valence-corrected chi connectivity index (χ1v) is 19.1. The van der Waals surface area contributed by atoms with Crippen LogP contribution in [0.1, 0.15) is 86.6 Å². The van der Waals surface area contributed by atoms with Crippen molar-refractivity contribution in [2.45, 2.75) is 111 Å². The molecule has 2 aliphatic carbocycles. The number of amides is 5. The average molecular weight is 702 g/mol. The summed E-state index contributed by atoms with van der Waals surface area (Å²) < 4.78 is 26.4. The number of piperidine rings is 1. The Morgan fingerprint density at radius 1 is 0.939 bits per heavy atom. The Balaban J connectivity index is 1.52. The second-order valence-corrected chi connectivity index (χ2v) is 19.2. The van der Waals surface area contributed by atoms with Gasteiger partial charge in [-0.2, -0.15) is 0 Å². The van der Waals surface area contributed by atoms with Crippen LogP contribution < -0.4 is 21.7 Å². The van der Waals surface area contributed by atoms with Gasteiger partial charge < -0.3 is 26.6 Å². The highest BCUT2D eigenvalue weighted by Crippen LogP contribution is 2.65. The summed E-state index contributed by atoms with van der Waals surface area (Å²) in [6.07, 6.45) is 3.14. The third kappa shape index (κ3) is 9.01. The number of carbonyl (C=O) groups excluding carboxylic acids is 5. The Bertz CT molecular complexity index is 1540. The maximum absolute atomic E-state index is 14.4. The molecule has 5 amide bonds. The fourth-order valence-corrected chi connectivity index (χ4v) is 9.24. The van der Waals surface area contributed by atoms with Gasteiger partial charge in [-0.1, -0.05) is 105 Å². The monoisotopic (exact) mass is 701 g/mol. The predicted octanol–water partition coefficient (Wildman–Crippen LogP) is 2.94. The van der Waals surface area contributed by atoms with Gasteiger partial charge in [0.15, 0.2) is 9.84 Å². The number of nitrogens with two attached hydrogens (primary N) is 1. The number of urea groups is 1. The van der Waals surface area contributed by atoms with Crippen molar-refractivity contribution >= 4 is 39.4 Å². The van der Waals surface area contributed by atoms with Gasteiger partial charge in [0, 0.05) is 12.6 Å². The molecule has 1 aromatic rings. The number of benzene rings is 1. The van der Waals surface area contributed by atoms with Crippen molar-refractivity contribution in [2.24, 2.45) is 39.7 Å². The van der Waals surface area contributed by atoms with Crippen LogP contribution in [0.5, 0.6) is 0 Å². The lowest BCUT2D eigenvalue weighted by Gasteiger charge is -2.39. The number of sulfone groups is 1. The molecule has 13 heteroatoms. The topological polar surface area (TPSA) is 185 Å². The average Bonchev–Trinajstić information content (AvgIpc) is 3.26. The summed E-state index contributed by atoms with van der Waals surface area (Å²) in [6.45, 7) is 15.3. The molecule has 6 atom stereocenters. The number of Topliss-reactive ketones (excluding diaryl/α,β-unsaturated/α-hetero) is 1. The van der Waals surface area contributed by atoms with Crippen molar-refractivity contribution in [3.8, 4) is 0 Å². The standard InChI is InChI=1S/C36H55N5O7S/c1-34(2,3)25(20-49(47,48)19-22-13-10-9-11-14-22)39-33(46)40-29(35(4,5)6)32(45)41-18-23-26(36(23,7)8)27(41)31(44)38-24(28(42)30(37)43)17-21-15-12-16-21/h9-11,13-14,21,23-27,29H,12,15-20H2,1-8H3,(H2,37,43)(H,38,44)(H2,39,40,46)/t23?,24?,25?,26?,27-,29+/m0/s1. The summed E-state index contributed by atoms with van der Waals surface area (Å²) in [4.78, 5) is 68.0. The zero-order valence-corrected chi connectivity index (χ0v) is 31.0. The van der Waals surface area contributed by atoms with Crippen molar-refractivity contribution < 1.29 is 32.4 Å². The number of primary amides is 1. The highest BCUT2D eigenvalue weighted by Gasteiger charge is 2.70. The Morgan fingerprint density at radius 2 is 1.55 bits per heavy atom. The Labute approximate surface area is 291 Å². The van der Waals surface area contributed by atoms with Crippen LogP contribution >= 0.6 is 0 Å². The SMILES string of the molecule is CC(C)(C)C(CS(=O)(=O)Cc1ccccc1)NC(=O)N[C@H](C(=O)N1CC2C([C@H]1C(=O)NC(CC1CCC1)C(=O)C(N)=O)C2(C)C)C(C)(C)C. The van der Waals surface area contributed by atoms with Crippen LogP contribution in [0, 0.1) is 34.0 Å². The van der Waals surface area contributed by atoms with Crippen molar-refractivity contribution in [2.75, 3.05) is 12.3 Å². The zero-order valence-electron chi connectivity index (χ0n) is 30.2. The summed E-state index contributed by atoms with van der Waals surface area (Å²) in [5, 5.41) is 8.42. The largest absolute Gasteiger partial charge is 0.363 e. The molecule has 0 spiro atoms. The van der Waals surface area contributed by atoms with Crippen molar-refractivity contribution in [1.82, 2.24) is 20.9 Å². The maximum Gasteiger partial charge on any atom is 0.315 e. The summed E-state index contributed by atoms with van der Waals surface area (Å²) >= 11 is 0. The van der Waals surface area contributed by atoms with E-state index >= 15 is 0 Å². The van der Waals surface area contributed by atoms with E-state index in [-0.39, 0.29) is 34.7 Å². The Hall–Kier alpha value is -3.48. The number of carbonyl (C=O) groups is 5. The summed E-state index contributed by atoms with van der Waals surface area (Å²) in [6, 6.07) is 4.33. The zero-order chi connectivity index (χ0) is 36.7. The minimum Gasteiger partial charge on any atom is -0.363 e. The first-order chi connectivity index (χ1) is 22.5. The van der Waals surface area contributed by atoms with Gasteiger partial charge in [-0.15, -0.1) is 0 Å². The Kier molecular flexibility index (Phi) is 11.0. The van der Waals surface area contributed by atoms with Gasteiger partial charge in [0.25, 0.3) is 5.91 Å². The molecule has 4 unspecified atom stereocenters. The number of hydrogen-bond acceptors (Lipinski definition) is 7. The Morgan fingerprint density at radius 3 is 2.06 bits per heavy atom. The van der Waals surface area contributed by atoms with Crippen molar-refractivity contribution in [1.29, 1.82) is 0 Å². The van der Waals surface area contributed by atoms with Gasteiger partial charge in [0.05, 0.1) is 17.5 Å². The molecular weight excluding hydrogens is 646 g/mol. The second-order valence-electron chi connectivity index (χ2n) is 17.1. The van der Waals surface area contributed by atoms with E-state index in [2.05, 4.69) is 16.0 Å². The van der Waals surface area contributed by atoms with E-state index in [0.717, 1.165) is 19.3 Å². The number of nitrogens with one attached hydrogen (secondary N) is 3. The van der Waals surface area contributed by atoms with E-state index in [1.165, 1.54) is 4.90 Å². The third-order valence-corrected chi connectivity index (χ3v) is 12.4. The van der Waals surface area contributed by atoms with Gasteiger partial charge >= 0.3 is 6.03 Å². The van der Waals surface area contributed by atoms with E-state index in [1.807, 2.05) is 40.7 Å². The summed E-state index contributed by atoms with van der Waals surface area (Å²) in [5.74, 6) is -3.32. The van der Waals surface area contributed by atoms with Gasteiger partial charge in [-0.3, -0.25) is 19.2 Å². The minimum atomic E-state index is -3.62. The number of rotatable bonds is 13. The van der Waals surface area contributed by atoms with Crippen molar-refractivity contribution in [3.05, 3.63) is 35.9 Å². The molecule has 2 saturated carbocycles. The number of fused-ring (bicyclic) bond motifs is 1. The highest BCUT2D eigenvalue weighted by molar-refractivity contribution is 7.90. The maximum atomic E-state index is 14.4. The summed E-state index contributed by atoms with van der Waals surface area (Å²) in [7, 11) is -3.62. The van der Waals surface area contributed by atoms with Crippen LogP contribution in [0.15, 0.2) is 30.3 Å². The van der Waals surface area contributed by atoms with Gasteiger partial charge in [-0.25, -0.2) is 13.2 Å². The van der Waals surface area contributed by atoms with Crippen LogP contribution in [0.4, 0.5) is 4.79 Å². The molecule has 1 heterocycles. The first-order valence-electron chi connectivity index (χ1n) is 17.3. The van der Waals surface area contributed by atoms with Crippen LogP contribution in [0.3, 0.4) is 0 Å². The lowest BCUT2D eigenvalue weighted by molar-refractivity contribution is -0.145. The van der Waals surface area contributed by atoms with E-state index in [0.29, 0.717) is 18.5 Å². The second kappa shape index (κ2) is 14.0. The van der Waals surface area contributed by atoms with Crippen LogP contribution in [0.2, 0.25) is 0 Å². The molecule has 3 aliphatic rings. The third-order valence-electron chi connectivity index (χ3n) is 10.8. The van der Waals surface area contributed by atoms with Gasteiger partial charge in [0.1, 0.15) is 12.1 Å². The van der Waals surface area contributed by atoms with E-state index < -0.39 is 74.4 Å². The number of nitrogens with zero attached hydrogens (tertiary/aromatic N) is 1. The minimum absolute atomic E-state index is 0.0404. The van der Waals surface area contributed by atoms with Crippen molar-refractivity contribution in [3.63, 3.8) is 0 Å². The highest BCUT2D eigenvalue weighted by atomic mass is 32.2. The van der Waals surface area contributed by atoms with Crippen LogP contribution in [-0.2, 0) is 34.8 Å². The van der Waals surface area contributed by atoms with E-state index in [1.54, 1.807) is 45.0 Å². The molecule has 1 saturated heterocycles. The fraction of sp³-hybridized carbons (Fsp3) is 0.694. The molecule has 1 aromatic carbocycles. The van der Waals surface area contributed by atoms with Crippen LogP contribution in [0.25, 0.3) is 0 Å². The van der Waals surface area contributed by atoms with E-state index in [4.69, 9.17) is 5.73 Å². The van der Waals surface area contributed by atoms with Crippen LogP contribution in [-0.4, -0.2) is 79.3 Å². The molecule has 272 valence electrons.